The van der Waals surface area contributed by atoms with Crippen LogP contribution in [0.25, 0.3) is 0 Å². The molecule has 0 amide bonds. The highest BCUT2D eigenvalue weighted by atomic mass is 16.5. The average Bonchev–Trinajstić information content (AvgIpc) is 2.34. The van der Waals surface area contributed by atoms with Gasteiger partial charge in [0.25, 0.3) is 0 Å². The molecule has 1 aromatic carbocycles. The SMILES string of the molecule is C=CCOc1ccc(CNC(C)C(C)C)cc1. The van der Waals surface area contributed by atoms with Crippen LogP contribution >= 0.6 is 0 Å². The monoisotopic (exact) mass is 233 g/mol. The van der Waals surface area contributed by atoms with Crippen LogP contribution in [0, 0.1) is 5.92 Å². The van der Waals surface area contributed by atoms with E-state index in [4.69, 9.17) is 4.74 Å². The molecule has 0 bridgehead atoms. The molecule has 0 radical (unpaired) electrons. The van der Waals surface area contributed by atoms with Crippen molar-refractivity contribution in [2.45, 2.75) is 33.4 Å². The van der Waals surface area contributed by atoms with Crippen LogP contribution in [0.4, 0.5) is 0 Å². The summed E-state index contributed by atoms with van der Waals surface area (Å²) in [6, 6.07) is 8.73. The second kappa shape index (κ2) is 7.13. The molecule has 94 valence electrons. The number of rotatable bonds is 7. The molecular weight excluding hydrogens is 210 g/mol. The minimum Gasteiger partial charge on any atom is -0.490 e. The standard InChI is InChI=1S/C15H23NO/c1-5-10-17-15-8-6-14(7-9-15)11-16-13(4)12(2)3/h5-9,12-13,16H,1,10-11H2,2-4H3. The Morgan fingerprint density at radius 1 is 1.24 bits per heavy atom. The van der Waals surface area contributed by atoms with Crippen molar-refractivity contribution in [2.24, 2.45) is 5.92 Å². The largest absolute Gasteiger partial charge is 0.490 e. The van der Waals surface area contributed by atoms with Crippen LogP contribution in [0.5, 0.6) is 5.75 Å². The van der Waals surface area contributed by atoms with Crippen LogP contribution in [0.3, 0.4) is 0 Å². The summed E-state index contributed by atoms with van der Waals surface area (Å²) in [5, 5.41) is 3.50. The summed E-state index contributed by atoms with van der Waals surface area (Å²) in [6.45, 7) is 11.8. The molecule has 1 N–H and O–H groups in total. The Hall–Kier alpha value is -1.28. The van der Waals surface area contributed by atoms with Crippen LogP contribution in [0.15, 0.2) is 36.9 Å². The van der Waals surface area contributed by atoms with Crippen molar-refractivity contribution in [1.29, 1.82) is 0 Å². The molecule has 1 unspecified atom stereocenters. The van der Waals surface area contributed by atoms with Gasteiger partial charge in [0.15, 0.2) is 0 Å². The molecule has 0 fully saturated rings. The lowest BCUT2D eigenvalue weighted by Crippen LogP contribution is -2.30. The molecule has 1 atom stereocenters. The van der Waals surface area contributed by atoms with Gasteiger partial charge >= 0.3 is 0 Å². The van der Waals surface area contributed by atoms with Gasteiger partial charge in [-0.15, -0.1) is 0 Å². The maximum atomic E-state index is 5.44. The van der Waals surface area contributed by atoms with Crippen molar-refractivity contribution in [3.8, 4) is 5.75 Å². The summed E-state index contributed by atoms with van der Waals surface area (Å²) in [5.41, 5.74) is 1.28. The molecule has 0 saturated carbocycles. The van der Waals surface area contributed by atoms with Gasteiger partial charge in [0.1, 0.15) is 12.4 Å². The summed E-state index contributed by atoms with van der Waals surface area (Å²) in [7, 11) is 0. The lowest BCUT2D eigenvalue weighted by Gasteiger charge is -2.17. The Morgan fingerprint density at radius 3 is 2.41 bits per heavy atom. The van der Waals surface area contributed by atoms with E-state index in [0.29, 0.717) is 18.6 Å². The fraction of sp³-hybridized carbons (Fsp3) is 0.467. The Labute approximate surface area is 105 Å². The van der Waals surface area contributed by atoms with E-state index in [1.807, 2.05) is 12.1 Å². The summed E-state index contributed by atoms with van der Waals surface area (Å²) in [6.07, 6.45) is 1.75. The van der Waals surface area contributed by atoms with Crippen molar-refractivity contribution >= 4 is 0 Å². The smallest absolute Gasteiger partial charge is 0.119 e. The first kappa shape index (κ1) is 13.8. The molecule has 2 heteroatoms. The Morgan fingerprint density at radius 2 is 1.88 bits per heavy atom. The van der Waals surface area contributed by atoms with Crippen LogP contribution in [0.1, 0.15) is 26.3 Å². The second-order valence-electron chi connectivity index (χ2n) is 4.66. The van der Waals surface area contributed by atoms with E-state index in [0.717, 1.165) is 12.3 Å². The fourth-order valence-corrected chi connectivity index (χ4v) is 1.37. The normalized spacial score (nSPS) is 12.5. The van der Waals surface area contributed by atoms with Gasteiger partial charge in [0.05, 0.1) is 0 Å². The van der Waals surface area contributed by atoms with E-state index in [2.05, 4.69) is 44.8 Å². The Balaban J connectivity index is 2.42. The second-order valence-corrected chi connectivity index (χ2v) is 4.66. The van der Waals surface area contributed by atoms with E-state index in [-0.39, 0.29) is 0 Å². The Bertz CT molecular complexity index is 329. The third-order valence-electron chi connectivity index (χ3n) is 2.92. The first-order valence-electron chi connectivity index (χ1n) is 6.19. The van der Waals surface area contributed by atoms with E-state index in [1.54, 1.807) is 6.08 Å². The number of ether oxygens (including phenoxy) is 1. The van der Waals surface area contributed by atoms with Crippen molar-refractivity contribution in [3.05, 3.63) is 42.5 Å². The number of hydrogen-bond acceptors (Lipinski definition) is 2. The van der Waals surface area contributed by atoms with Crippen LogP contribution in [-0.4, -0.2) is 12.6 Å². The summed E-state index contributed by atoms with van der Waals surface area (Å²) in [4.78, 5) is 0. The number of hydrogen-bond donors (Lipinski definition) is 1. The van der Waals surface area contributed by atoms with E-state index in [9.17, 15) is 0 Å². The van der Waals surface area contributed by atoms with Gasteiger partial charge < -0.3 is 10.1 Å². The molecule has 17 heavy (non-hydrogen) atoms. The van der Waals surface area contributed by atoms with Crippen LogP contribution in [-0.2, 0) is 6.54 Å². The molecule has 0 saturated heterocycles. The zero-order valence-corrected chi connectivity index (χ0v) is 11.1. The van der Waals surface area contributed by atoms with Crippen molar-refractivity contribution in [2.75, 3.05) is 6.61 Å². The van der Waals surface area contributed by atoms with E-state index in [1.165, 1.54) is 5.56 Å². The minimum atomic E-state index is 0.534. The summed E-state index contributed by atoms with van der Waals surface area (Å²) < 4.78 is 5.44. The lowest BCUT2D eigenvalue weighted by molar-refractivity contribution is 0.363. The molecule has 1 aromatic rings. The predicted octanol–water partition coefficient (Wildman–Crippen LogP) is 3.39. The summed E-state index contributed by atoms with van der Waals surface area (Å²) in [5.74, 6) is 1.55. The molecule has 0 aromatic heterocycles. The molecule has 1 rings (SSSR count). The first-order chi connectivity index (χ1) is 8.13. The van der Waals surface area contributed by atoms with Gasteiger partial charge in [-0.2, -0.15) is 0 Å². The fourth-order valence-electron chi connectivity index (χ4n) is 1.37. The van der Waals surface area contributed by atoms with Crippen LogP contribution in [0.2, 0.25) is 0 Å². The molecule has 0 heterocycles. The average molecular weight is 233 g/mol. The highest BCUT2D eigenvalue weighted by Gasteiger charge is 2.05. The van der Waals surface area contributed by atoms with Gasteiger partial charge in [0, 0.05) is 12.6 Å². The molecule has 2 nitrogen and oxygen atoms in total. The molecule has 0 aliphatic carbocycles. The van der Waals surface area contributed by atoms with Gasteiger partial charge in [-0.1, -0.05) is 38.6 Å². The Kier molecular flexibility index (Phi) is 5.78. The zero-order chi connectivity index (χ0) is 12.7. The number of nitrogens with one attached hydrogen (secondary N) is 1. The topological polar surface area (TPSA) is 21.3 Å². The third-order valence-corrected chi connectivity index (χ3v) is 2.92. The van der Waals surface area contributed by atoms with Gasteiger partial charge in [-0.3, -0.25) is 0 Å². The van der Waals surface area contributed by atoms with Crippen molar-refractivity contribution in [3.63, 3.8) is 0 Å². The quantitative estimate of drug-likeness (QED) is 0.729. The highest BCUT2D eigenvalue weighted by molar-refractivity contribution is 5.27. The van der Waals surface area contributed by atoms with Gasteiger partial charge in [0.2, 0.25) is 0 Å². The molecule has 0 aliphatic rings. The predicted molar refractivity (Wildman–Crippen MR) is 73.3 cm³/mol. The van der Waals surface area contributed by atoms with Crippen LogP contribution < -0.4 is 10.1 Å². The lowest BCUT2D eigenvalue weighted by atomic mass is 10.1. The van der Waals surface area contributed by atoms with Crippen molar-refractivity contribution in [1.82, 2.24) is 5.32 Å². The van der Waals surface area contributed by atoms with E-state index >= 15 is 0 Å². The minimum absolute atomic E-state index is 0.534. The number of benzene rings is 1. The van der Waals surface area contributed by atoms with Gasteiger partial charge in [-0.05, 0) is 30.5 Å². The highest BCUT2D eigenvalue weighted by Crippen LogP contribution is 2.12. The third kappa shape index (κ3) is 5.05. The molecule has 0 spiro atoms. The van der Waals surface area contributed by atoms with E-state index < -0.39 is 0 Å². The maximum absolute atomic E-state index is 5.44. The first-order valence-corrected chi connectivity index (χ1v) is 6.19. The van der Waals surface area contributed by atoms with Gasteiger partial charge in [-0.25, -0.2) is 0 Å². The maximum Gasteiger partial charge on any atom is 0.119 e. The van der Waals surface area contributed by atoms with Crippen molar-refractivity contribution < 1.29 is 4.74 Å². The summed E-state index contributed by atoms with van der Waals surface area (Å²) >= 11 is 0. The zero-order valence-electron chi connectivity index (χ0n) is 11.1. The molecular formula is C15H23NO. The molecule has 0 aliphatic heterocycles.